The van der Waals surface area contributed by atoms with Gasteiger partial charge in [-0.05, 0) is 53.6 Å². The van der Waals surface area contributed by atoms with E-state index in [1.807, 2.05) is 84.9 Å². The van der Waals surface area contributed by atoms with E-state index in [-0.39, 0.29) is 34.1 Å². The second kappa shape index (κ2) is 11.4. The highest BCUT2D eigenvalue weighted by molar-refractivity contribution is 6.15. The number of hydrogen-bond donors (Lipinski definition) is 0. The number of para-hydroxylation sites is 2. The second-order valence-electron chi connectivity index (χ2n) is 11.8. The molecule has 3 aromatic heterocycles. The van der Waals surface area contributed by atoms with Gasteiger partial charge in [0.2, 0.25) is 0 Å². The number of fused-ring (bicyclic) bond motifs is 6. The zero-order valence-corrected chi connectivity index (χ0v) is 26.2. The van der Waals surface area contributed by atoms with Gasteiger partial charge in [0.15, 0.2) is 17.5 Å². The SMILES string of the molecule is [2H]c1c([2H])c([2H])c(-c2cccc3c2c2c([2H])c([2H])c([2H])c([2H])c2n3-c2cccc(-c3nc(-c4ccccc4)nc(-c4ccc5c(c4)oc4ccccc45)n3)c2)c([2H])c1[2H]. The first-order valence-electron chi connectivity index (χ1n) is 20.5. The summed E-state index contributed by atoms with van der Waals surface area (Å²) in [7, 11) is 0. The number of benzene rings is 7. The highest BCUT2D eigenvalue weighted by atomic mass is 16.3. The van der Waals surface area contributed by atoms with E-state index in [4.69, 9.17) is 31.7 Å². The van der Waals surface area contributed by atoms with Crippen molar-refractivity contribution in [3.63, 3.8) is 0 Å². The van der Waals surface area contributed by atoms with Crippen molar-refractivity contribution >= 4 is 43.7 Å². The van der Waals surface area contributed by atoms with Gasteiger partial charge in [0.25, 0.3) is 0 Å². The summed E-state index contributed by atoms with van der Waals surface area (Å²) in [6.45, 7) is 0. The Labute approximate surface area is 300 Å². The number of nitrogens with zero attached hydrogens (tertiary/aromatic N) is 4. The maximum atomic E-state index is 9.15. The molecule has 0 saturated heterocycles. The molecule has 50 heavy (non-hydrogen) atoms. The normalized spacial score (nSPS) is 14.1. The minimum Gasteiger partial charge on any atom is -0.456 e. The average molecular weight is 650 g/mol. The summed E-state index contributed by atoms with van der Waals surface area (Å²) in [4.78, 5) is 14.8. The van der Waals surface area contributed by atoms with E-state index >= 15 is 0 Å². The van der Waals surface area contributed by atoms with Crippen molar-refractivity contribution in [2.45, 2.75) is 0 Å². The summed E-state index contributed by atoms with van der Waals surface area (Å²) in [6.07, 6.45) is 0. The predicted octanol–water partition coefficient (Wildman–Crippen LogP) is 11.5. The van der Waals surface area contributed by atoms with Gasteiger partial charge in [0.05, 0.1) is 23.4 Å². The summed E-state index contributed by atoms with van der Waals surface area (Å²) in [6, 6.07) is 31.6. The molecular formula is C45H28N4O. The Hall–Kier alpha value is -6.85. The standard InChI is InChI=1S/C45H28N4O/c1-3-13-29(14-4-1)34-21-12-23-39-42(34)37-20-7-9-22-38(37)49(39)33-18-11-17-31(27-33)44-46-43(30-15-5-2-6-16-30)47-45(48-44)32-25-26-36-35-19-8-10-24-40(35)50-41(36)28-32/h1-28H/i1D,3D,4D,7D,9D,13D,14D,20D,22D. The molecule has 0 saturated carbocycles. The first kappa shape index (κ1) is 20.5. The van der Waals surface area contributed by atoms with E-state index in [1.165, 1.54) is 0 Å². The predicted molar refractivity (Wildman–Crippen MR) is 203 cm³/mol. The third kappa shape index (κ3) is 4.60. The molecule has 0 radical (unpaired) electrons. The molecule has 7 aromatic carbocycles. The van der Waals surface area contributed by atoms with Gasteiger partial charge in [-0.3, -0.25) is 0 Å². The Balaban J connectivity index is 1.22. The fourth-order valence-electron chi connectivity index (χ4n) is 6.62. The van der Waals surface area contributed by atoms with Gasteiger partial charge < -0.3 is 8.98 Å². The molecular weight excluding hydrogens is 613 g/mol. The second-order valence-corrected chi connectivity index (χ2v) is 11.8. The van der Waals surface area contributed by atoms with E-state index in [0.717, 1.165) is 21.9 Å². The molecule has 0 aliphatic carbocycles. The molecule has 0 bridgehead atoms. The molecule has 5 nitrogen and oxygen atoms in total. The fraction of sp³-hybridized carbons (Fsp3) is 0. The van der Waals surface area contributed by atoms with Crippen LogP contribution >= 0.6 is 0 Å². The number of hydrogen-bond acceptors (Lipinski definition) is 4. The van der Waals surface area contributed by atoms with Crippen molar-refractivity contribution in [1.29, 1.82) is 0 Å². The van der Waals surface area contributed by atoms with E-state index in [2.05, 4.69) is 0 Å². The van der Waals surface area contributed by atoms with Crippen molar-refractivity contribution in [1.82, 2.24) is 19.5 Å². The zero-order valence-electron chi connectivity index (χ0n) is 35.2. The molecule has 0 N–H and O–H groups in total. The van der Waals surface area contributed by atoms with Crippen LogP contribution in [0.2, 0.25) is 0 Å². The Bertz CT molecular complexity index is 3370. The summed E-state index contributed by atoms with van der Waals surface area (Å²) < 4.78 is 86.0. The van der Waals surface area contributed by atoms with Gasteiger partial charge in [-0.15, -0.1) is 0 Å². The maximum Gasteiger partial charge on any atom is 0.164 e. The molecule has 0 spiro atoms. The fourth-order valence-corrected chi connectivity index (χ4v) is 6.62. The lowest BCUT2D eigenvalue weighted by atomic mass is 9.99. The van der Waals surface area contributed by atoms with Crippen molar-refractivity contribution in [2.75, 3.05) is 0 Å². The Morgan fingerprint density at radius 2 is 1.14 bits per heavy atom. The van der Waals surface area contributed by atoms with E-state index in [1.54, 1.807) is 34.9 Å². The lowest BCUT2D eigenvalue weighted by molar-refractivity contribution is 0.669. The summed E-state index contributed by atoms with van der Waals surface area (Å²) in [5, 5.41) is 2.43. The molecule has 0 aliphatic heterocycles. The van der Waals surface area contributed by atoms with Crippen molar-refractivity contribution < 1.29 is 16.8 Å². The van der Waals surface area contributed by atoms with E-state index in [9.17, 15) is 0 Å². The molecule has 5 heteroatoms. The minimum absolute atomic E-state index is 0.0752. The molecule has 0 fully saturated rings. The third-order valence-electron chi connectivity index (χ3n) is 8.86. The van der Waals surface area contributed by atoms with Crippen molar-refractivity contribution in [3.8, 4) is 51.0 Å². The molecule has 0 aliphatic rings. The third-order valence-corrected chi connectivity index (χ3v) is 8.86. The number of aromatic nitrogens is 4. The van der Waals surface area contributed by atoms with Gasteiger partial charge in [-0.25, -0.2) is 15.0 Å². The zero-order chi connectivity index (χ0) is 40.9. The monoisotopic (exact) mass is 649 g/mol. The molecule has 0 unspecified atom stereocenters. The van der Waals surface area contributed by atoms with Gasteiger partial charge in [-0.1, -0.05) is 127 Å². The van der Waals surface area contributed by atoms with Crippen molar-refractivity contribution in [2.24, 2.45) is 0 Å². The Morgan fingerprint density at radius 1 is 0.460 bits per heavy atom. The van der Waals surface area contributed by atoms with Gasteiger partial charge in [0.1, 0.15) is 11.2 Å². The van der Waals surface area contributed by atoms with Crippen LogP contribution < -0.4 is 0 Å². The Kier molecular flexibility index (Phi) is 4.67. The molecule has 0 amide bonds. The van der Waals surface area contributed by atoms with E-state index < -0.39 is 42.3 Å². The first-order valence-corrected chi connectivity index (χ1v) is 16.0. The van der Waals surface area contributed by atoms with E-state index in [0.29, 0.717) is 50.8 Å². The van der Waals surface area contributed by atoms with Crippen LogP contribution in [0, 0.1) is 0 Å². The van der Waals surface area contributed by atoms with Crippen LogP contribution in [-0.2, 0) is 0 Å². The Morgan fingerprint density at radius 3 is 2.00 bits per heavy atom. The lowest BCUT2D eigenvalue weighted by Gasteiger charge is -2.12. The topological polar surface area (TPSA) is 56.7 Å². The minimum atomic E-state index is -0.538. The van der Waals surface area contributed by atoms with Gasteiger partial charge in [0, 0.05) is 43.9 Å². The highest BCUT2D eigenvalue weighted by Crippen LogP contribution is 2.39. The maximum absolute atomic E-state index is 9.15. The van der Waals surface area contributed by atoms with Crippen LogP contribution in [0.25, 0.3) is 94.7 Å². The van der Waals surface area contributed by atoms with Crippen LogP contribution in [0.5, 0.6) is 0 Å². The van der Waals surface area contributed by atoms with Crippen LogP contribution in [0.3, 0.4) is 0 Å². The van der Waals surface area contributed by atoms with Crippen LogP contribution in [-0.4, -0.2) is 19.5 Å². The lowest BCUT2D eigenvalue weighted by Crippen LogP contribution is -2.01. The molecule has 234 valence electrons. The number of rotatable bonds is 5. The molecule has 10 rings (SSSR count). The van der Waals surface area contributed by atoms with Crippen LogP contribution in [0.1, 0.15) is 12.3 Å². The summed E-state index contributed by atoms with van der Waals surface area (Å²) >= 11 is 0. The molecule has 3 heterocycles. The van der Waals surface area contributed by atoms with Gasteiger partial charge >= 0.3 is 0 Å². The molecule has 10 aromatic rings. The van der Waals surface area contributed by atoms with Crippen molar-refractivity contribution in [3.05, 3.63) is 170 Å². The van der Waals surface area contributed by atoms with Crippen LogP contribution in [0.4, 0.5) is 0 Å². The highest BCUT2D eigenvalue weighted by Gasteiger charge is 2.18. The first-order chi connectivity index (χ1) is 28.5. The quantitative estimate of drug-likeness (QED) is 0.186. The van der Waals surface area contributed by atoms with Gasteiger partial charge in [-0.2, -0.15) is 0 Å². The summed E-state index contributed by atoms with van der Waals surface area (Å²) in [5.74, 6) is 1.20. The van der Waals surface area contributed by atoms with Crippen LogP contribution in [0.15, 0.2) is 174 Å². The smallest absolute Gasteiger partial charge is 0.164 e. The number of furan rings is 1. The average Bonchev–Trinajstić information content (AvgIpc) is 3.83. The largest absolute Gasteiger partial charge is 0.456 e. The summed E-state index contributed by atoms with van der Waals surface area (Å²) in [5.41, 5.74) is 4.81. The molecule has 0 atom stereocenters.